The average Bonchev–Trinajstić information content (AvgIpc) is 2.76. The highest BCUT2D eigenvalue weighted by atomic mass is 19.4. The number of benzene rings is 2. The van der Waals surface area contributed by atoms with E-state index in [9.17, 15) is 36.2 Å². The van der Waals surface area contributed by atoms with Gasteiger partial charge in [-0.05, 0) is 57.2 Å². The van der Waals surface area contributed by atoms with Crippen molar-refractivity contribution >= 4 is 17.5 Å². The van der Waals surface area contributed by atoms with Crippen LogP contribution in [0.2, 0.25) is 0 Å². The summed E-state index contributed by atoms with van der Waals surface area (Å²) in [7, 11) is 0. The maximum atomic E-state index is 13.4. The smallest absolute Gasteiger partial charge is 0.416 e. The summed E-state index contributed by atoms with van der Waals surface area (Å²) in [5.41, 5.74) is 3.25. The molecule has 3 atom stereocenters. The van der Waals surface area contributed by atoms with E-state index in [-0.39, 0.29) is 36.0 Å². The molecule has 1 saturated heterocycles. The zero-order valence-corrected chi connectivity index (χ0v) is 20.0. The molecule has 0 aromatic heterocycles. The van der Waals surface area contributed by atoms with Crippen molar-refractivity contribution in [3.63, 3.8) is 0 Å². The van der Waals surface area contributed by atoms with Crippen LogP contribution in [-0.2, 0) is 17.1 Å². The number of amides is 1. The van der Waals surface area contributed by atoms with Crippen LogP contribution in [0, 0.1) is 0 Å². The molecule has 1 amide bonds. The molecule has 202 valence electrons. The van der Waals surface area contributed by atoms with Crippen molar-refractivity contribution in [2.24, 2.45) is 5.73 Å². The van der Waals surface area contributed by atoms with Crippen LogP contribution in [0.3, 0.4) is 0 Å². The standard InChI is InChI=1S/C24H25F6N3O4/c1-22(2,3)37-21(35)32-10-14(31)20(34)17(11-32)33-15-6-4-12(23(25,26)27)8-18(15)36-19-9-13(24(28,29)30)5-7-16(19)33/h4-9,14,17,20,34H,10-11,31H2,1-3H3/t14-,17-,20-/m0/s1. The van der Waals surface area contributed by atoms with Gasteiger partial charge in [0.05, 0.1) is 40.7 Å². The Morgan fingerprint density at radius 3 is 1.86 bits per heavy atom. The summed E-state index contributed by atoms with van der Waals surface area (Å²) in [5.74, 6) is -0.728. The van der Waals surface area contributed by atoms with Crippen LogP contribution in [0.1, 0.15) is 31.9 Å². The molecule has 2 aliphatic heterocycles. The van der Waals surface area contributed by atoms with E-state index < -0.39 is 53.4 Å². The molecule has 2 aromatic carbocycles. The first-order valence-corrected chi connectivity index (χ1v) is 11.3. The lowest BCUT2D eigenvalue weighted by Gasteiger charge is -2.47. The topological polar surface area (TPSA) is 88.3 Å². The highest BCUT2D eigenvalue weighted by molar-refractivity contribution is 5.80. The van der Waals surface area contributed by atoms with Crippen molar-refractivity contribution < 1.29 is 45.7 Å². The van der Waals surface area contributed by atoms with Gasteiger partial charge in [-0.1, -0.05) is 0 Å². The number of carbonyl (C=O) groups excluding carboxylic acids is 1. The maximum absolute atomic E-state index is 13.4. The van der Waals surface area contributed by atoms with Crippen molar-refractivity contribution in [2.75, 3.05) is 18.0 Å². The molecule has 7 nitrogen and oxygen atoms in total. The fraction of sp³-hybridized carbons (Fsp3) is 0.458. The van der Waals surface area contributed by atoms with E-state index in [2.05, 4.69) is 0 Å². The van der Waals surface area contributed by atoms with E-state index in [0.29, 0.717) is 12.1 Å². The molecule has 0 radical (unpaired) electrons. The van der Waals surface area contributed by atoms with Gasteiger partial charge < -0.3 is 30.1 Å². The number of anilines is 2. The zero-order valence-electron chi connectivity index (χ0n) is 20.0. The van der Waals surface area contributed by atoms with Gasteiger partial charge in [-0.15, -0.1) is 0 Å². The van der Waals surface area contributed by atoms with E-state index in [1.165, 1.54) is 9.80 Å². The van der Waals surface area contributed by atoms with Crippen molar-refractivity contribution in [3.8, 4) is 11.5 Å². The highest BCUT2D eigenvalue weighted by Crippen LogP contribution is 2.51. The summed E-state index contributed by atoms with van der Waals surface area (Å²) in [6, 6.07) is 3.11. The van der Waals surface area contributed by atoms with Crippen LogP contribution in [0.15, 0.2) is 36.4 Å². The van der Waals surface area contributed by atoms with E-state index in [1.807, 2.05) is 0 Å². The van der Waals surface area contributed by atoms with Crippen molar-refractivity contribution in [1.82, 2.24) is 4.90 Å². The third-order valence-corrected chi connectivity index (χ3v) is 5.97. The minimum absolute atomic E-state index is 0.0579. The van der Waals surface area contributed by atoms with E-state index in [1.54, 1.807) is 20.8 Å². The Labute approximate surface area is 208 Å². The lowest BCUT2D eigenvalue weighted by molar-refractivity contribution is -0.138. The Bertz CT molecular complexity index is 1130. The number of fused-ring (bicyclic) bond motifs is 2. The van der Waals surface area contributed by atoms with Gasteiger partial charge in [-0.3, -0.25) is 0 Å². The average molecular weight is 533 g/mol. The maximum Gasteiger partial charge on any atom is 0.416 e. The molecule has 2 aromatic rings. The third-order valence-electron chi connectivity index (χ3n) is 5.97. The Balaban J connectivity index is 1.82. The Morgan fingerprint density at radius 2 is 1.43 bits per heavy atom. The number of aliphatic hydroxyl groups excluding tert-OH is 1. The molecule has 13 heteroatoms. The molecule has 2 heterocycles. The second-order valence-corrected chi connectivity index (χ2v) is 9.94. The number of hydrogen-bond donors (Lipinski definition) is 2. The first-order chi connectivity index (χ1) is 17.0. The molecular formula is C24H25F6N3O4. The quantitative estimate of drug-likeness (QED) is 0.486. The summed E-state index contributed by atoms with van der Waals surface area (Å²) < 4.78 is 91.2. The Hall–Kier alpha value is -3.19. The van der Waals surface area contributed by atoms with Gasteiger partial charge in [0.25, 0.3) is 0 Å². The molecule has 0 aliphatic carbocycles. The van der Waals surface area contributed by atoms with Crippen LogP contribution in [0.4, 0.5) is 42.5 Å². The molecule has 0 unspecified atom stereocenters. The summed E-state index contributed by atoms with van der Waals surface area (Å²) in [5, 5.41) is 11.0. The predicted octanol–water partition coefficient (Wildman–Crippen LogP) is 5.28. The first kappa shape index (κ1) is 26.9. The normalized spacial score (nSPS) is 22.2. The molecule has 3 N–H and O–H groups in total. The molecule has 0 spiro atoms. The number of carbonyl (C=O) groups is 1. The predicted molar refractivity (Wildman–Crippen MR) is 121 cm³/mol. The minimum Gasteiger partial charge on any atom is -0.453 e. The Kier molecular flexibility index (Phi) is 6.52. The number of aliphatic hydroxyl groups is 1. The van der Waals surface area contributed by atoms with Crippen LogP contribution in [0.25, 0.3) is 0 Å². The molecule has 0 saturated carbocycles. The van der Waals surface area contributed by atoms with Crippen LogP contribution in [-0.4, -0.2) is 53.0 Å². The van der Waals surface area contributed by atoms with Crippen LogP contribution >= 0.6 is 0 Å². The largest absolute Gasteiger partial charge is 0.453 e. The fourth-order valence-corrected chi connectivity index (χ4v) is 4.31. The van der Waals surface area contributed by atoms with Crippen LogP contribution < -0.4 is 15.4 Å². The third kappa shape index (κ3) is 5.42. The van der Waals surface area contributed by atoms with Gasteiger partial charge in [-0.25, -0.2) is 4.79 Å². The monoisotopic (exact) mass is 533 g/mol. The van der Waals surface area contributed by atoms with E-state index >= 15 is 0 Å². The van der Waals surface area contributed by atoms with Gasteiger partial charge in [-0.2, -0.15) is 26.3 Å². The number of likely N-dealkylation sites (tertiary alicyclic amines) is 1. The van der Waals surface area contributed by atoms with Gasteiger partial charge in [0.2, 0.25) is 0 Å². The fourth-order valence-electron chi connectivity index (χ4n) is 4.31. The molecule has 1 fully saturated rings. The number of ether oxygens (including phenoxy) is 2. The number of nitrogens with zero attached hydrogens (tertiary/aromatic N) is 2. The first-order valence-electron chi connectivity index (χ1n) is 11.3. The van der Waals surface area contributed by atoms with E-state index in [4.69, 9.17) is 15.2 Å². The van der Waals surface area contributed by atoms with Crippen LogP contribution in [0.5, 0.6) is 11.5 Å². The van der Waals surface area contributed by atoms with Gasteiger partial charge in [0.15, 0.2) is 11.5 Å². The van der Waals surface area contributed by atoms with Crippen molar-refractivity contribution in [2.45, 2.75) is 56.9 Å². The summed E-state index contributed by atoms with van der Waals surface area (Å²) in [6.07, 6.45) is -11.5. The number of halogens is 6. The minimum atomic E-state index is -4.74. The number of piperidine rings is 1. The number of alkyl halides is 6. The van der Waals surface area contributed by atoms with Gasteiger partial charge >= 0.3 is 18.4 Å². The second-order valence-electron chi connectivity index (χ2n) is 9.94. The second kappa shape index (κ2) is 8.98. The molecule has 2 aliphatic rings. The summed E-state index contributed by atoms with van der Waals surface area (Å²) in [6.45, 7) is 4.73. The molecular weight excluding hydrogens is 508 g/mol. The molecule has 0 bridgehead atoms. The van der Waals surface area contributed by atoms with Crippen molar-refractivity contribution in [1.29, 1.82) is 0 Å². The van der Waals surface area contributed by atoms with Crippen molar-refractivity contribution in [3.05, 3.63) is 47.5 Å². The number of nitrogens with two attached hydrogens (primary N) is 1. The number of rotatable bonds is 1. The highest BCUT2D eigenvalue weighted by Gasteiger charge is 2.44. The SMILES string of the molecule is CC(C)(C)OC(=O)N1C[C@H](N)[C@H](O)[C@@H](N2c3ccc(C(F)(F)F)cc3Oc3cc(C(F)(F)F)ccc32)C1. The Morgan fingerprint density at radius 1 is 0.946 bits per heavy atom. The summed E-state index contributed by atoms with van der Waals surface area (Å²) in [4.78, 5) is 15.4. The zero-order chi connectivity index (χ0) is 27.5. The lowest BCUT2D eigenvalue weighted by atomic mass is 9.94. The lowest BCUT2D eigenvalue weighted by Crippen LogP contribution is -2.64. The van der Waals surface area contributed by atoms with Gasteiger partial charge in [0, 0.05) is 13.1 Å². The summed E-state index contributed by atoms with van der Waals surface area (Å²) >= 11 is 0. The number of hydrogen-bond acceptors (Lipinski definition) is 6. The molecule has 4 rings (SSSR count). The van der Waals surface area contributed by atoms with E-state index in [0.717, 1.165) is 24.3 Å². The van der Waals surface area contributed by atoms with Gasteiger partial charge in [0.1, 0.15) is 5.60 Å². The molecule has 37 heavy (non-hydrogen) atoms.